The van der Waals surface area contributed by atoms with Gasteiger partial charge in [-0.3, -0.25) is 14.2 Å². The Morgan fingerprint density at radius 3 is 2.39 bits per heavy atom. The number of thiophene rings is 1. The van der Waals surface area contributed by atoms with Gasteiger partial charge in [0.15, 0.2) is 0 Å². The summed E-state index contributed by atoms with van der Waals surface area (Å²) in [6.45, 7) is 1.04. The molecule has 28 heavy (non-hydrogen) atoms. The fourth-order valence-electron chi connectivity index (χ4n) is 3.51. The summed E-state index contributed by atoms with van der Waals surface area (Å²) in [5.41, 5.74) is -1.33. The maximum atomic E-state index is 13.7. The third kappa shape index (κ3) is 3.26. The number of halogens is 2. The molecule has 1 aliphatic rings. The average Bonchev–Trinajstić information content (AvgIpc) is 3.15. The van der Waals surface area contributed by atoms with Crippen molar-refractivity contribution in [2.75, 3.05) is 13.1 Å². The molecule has 3 heterocycles. The highest BCUT2D eigenvalue weighted by Crippen LogP contribution is 2.18. The van der Waals surface area contributed by atoms with E-state index in [1.54, 1.807) is 16.3 Å². The maximum absolute atomic E-state index is 13.7. The van der Waals surface area contributed by atoms with E-state index in [-0.39, 0.29) is 22.8 Å². The van der Waals surface area contributed by atoms with E-state index in [1.807, 2.05) is 0 Å². The van der Waals surface area contributed by atoms with Gasteiger partial charge in [-0.15, -0.1) is 11.3 Å². The molecule has 9 heteroatoms. The summed E-state index contributed by atoms with van der Waals surface area (Å²) in [6, 6.07) is 4.10. The SMILES string of the molecule is O=C(Cn1c(=O)n(-c2cc(F)cc(F)c2)c(=O)c2sccc21)N1CCCCC1. The number of aromatic nitrogens is 2. The van der Waals surface area contributed by atoms with Crippen LogP contribution in [0.4, 0.5) is 8.78 Å². The van der Waals surface area contributed by atoms with Gasteiger partial charge in [-0.2, -0.15) is 0 Å². The first-order chi connectivity index (χ1) is 13.5. The van der Waals surface area contributed by atoms with Crippen molar-refractivity contribution in [3.05, 3.63) is 62.1 Å². The summed E-state index contributed by atoms with van der Waals surface area (Å²) < 4.78 is 29.5. The molecule has 0 N–H and O–H groups in total. The Kier molecular flexibility index (Phi) is 4.84. The van der Waals surface area contributed by atoms with Gasteiger partial charge in [-0.05, 0) is 42.8 Å². The zero-order valence-electron chi connectivity index (χ0n) is 14.9. The smallest absolute Gasteiger partial charge is 0.336 e. The van der Waals surface area contributed by atoms with Crippen LogP contribution in [0.3, 0.4) is 0 Å². The van der Waals surface area contributed by atoms with Crippen LogP contribution in [0.1, 0.15) is 19.3 Å². The summed E-state index contributed by atoms with van der Waals surface area (Å²) >= 11 is 1.11. The lowest BCUT2D eigenvalue weighted by molar-refractivity contribution is -0.132. The largest absolute Gasteiger partial charge is 0.341 e. The molecule has 6 nitrogen and oxygen atoms in total. The molecule has 146 valence electrons. The van der Waals surface area contributed by atoms with Gasteiger partial charge in [0.2, 0.25) is 5.91 Å². The lowest BCUT2D eigenvalue weighted by Crippen LogP contribution is -2.43. The number of piperidine rings is 1. The molecule has 2 aromatic heterocycles. The molecule has 1 aromatic carbocycles. The molecule has 3 aromatic rings. The highest BCUT2D eigenvalue weighted by molar-refractivity contribution is 7.17. The average molecular weight is 405 g/mol. The summed E-state index contributed by atoms with van der Waals surface area (Å²) in [6.07, 6.45) is 2.89. The lowest BCUT2D eigenvalue weighted by Gasteiger charge is -2.27. The van der Waals surface area contributed by atoms with Gasteiger partial charge >= 0.3 is 5.69 Å². The van der Waals surface area contributed by atoms with E-state index < -0.39 is 22.9 Å². The number of nitrogens with zero attached hydrogens (tertiary/aromatic N) is 3. The number of benzene rings is 1. The van der Waals surface area contributed by atoms with Crippen LogP contribution in [0.25, 0.3) is 15.9 Å². The van der Waals surface area contributed by atoms with E-state index in [4.69, 9.17) is 0 Å². The van der Waals surface area contributed by atoms with Crippen molar-refractivity contribution < 1.29 is 13.6 Å². The number of carbonyl (C=O) groups is 1. The monoisotopic (exact) mass is 405 g/mol. The molecule has 0 unspecified atom stereocenters. The van der Waals surface area contributed by atoms with E-state index in [2.05, 4.69) is 0 Å². The molecule has 4 rings (SSSR count). The van der Waals surface area contributed by atoms with Crippen LogP contribution < -0.4 is 11.2 Å². The van der Waals surface area contributed by atoms with E-state index in [0.29, 0.717) is 29.2 Å². The minimum atomic E-state index is -0.900. The second-order valence-corrected chi connectivity index (χ2v) is 7.63. The predicted octanol–water partition coefficient (Wildman–Crippen LogP) is 2.50. The number of fused-ring (bicyclic) bond motifs is 1. The van der Waals surface area contributed by atoms with Gasteiger partial charge in [0, 0.05) is 19.2 Å². The fourth-order valence-corrected chi connectivity index (χ4v) is 4.34. The van der Waals surface area contributed by atoms with Crippen LogP contribution in [-0.2, 0) is 11.3 Å². The van der Waals surface area contributed by atoms with Crippen LogP contribution in [0.15, 0.2) is 39.2 Å². The topological polar surface area (TPSA) is 64.3 Å². The number of likely N-dealkylation sites (tertiary alicyclic amines) is 1. The van der Waals surface area contributed by atoms with Crippen LogP contribution in [0.5, 0.6) is 0 Å². The van der Waals surface area contributed by atoms with E-state index in [0.717, 1.165) is 42.7 Å². The van der Waals surface area contributed by atoms with Gasteiger partial charge in [0.1, 0.15) is 22.9 Å². The van der Waals surface area contributed by atoms with Gasteiger partial charge in [-0.25, -0.2) is 18.1 Å². The molecule has 0 saturated carbocycles. The third-order valence-corrected chi connectivity index (χ3v) is 5.75. The fraction of sp³-hybridized carbons (Fsp3) is 0.316. The standard InChI is InChI=1S/C19H17F2N3O3S/c20-12-8-13(21)10-14(9-12)24-18(26)17-15(4-7-28-17)23(19(24)27)11-16(25)22-5-2-1-3-6-22/h4,7-10H,1-3,5-6,11H2. The number of hydrogen-bond donors (Lipinski definition) is 0. The van der Waals surface area contributed by atoms with Gasteiger partial charge in [0.05, 0.1) is 11.2 Å². The van der Waals surface area contributed by atoms with Crippen molar-refractivity contribution in [2.45, 2.75) is 25.8 Å². The van der Waals surface area contributed by atoms with Crippen molar-refractivity contribution >= 4 is 27.5 Å². The molecule has 0 radical (unpaired) electrons. The van der Waals surface area contributed by atoms with Crippen molar-refractivity contribution in [1.29, 1.82) is 0 Å². The van der Waals surface area contributed by atoms with Crippen LogP contribution in [0, 0.1) is 11.6 Å². The Morgan fingerprint density at radius 1 is 1.04 bits per heavy atom. The maximum Gasteiger partial charge on any atom is 0.336 e. The highest BCUT2D eigenvalue weighted by Gasteiger charge is 2.21. The first kappa shape index (κ1) is 18.5. The normalized spacial score (nSPS) is 14.6. The number of amides is 1. The first-order valence-electron chi connectivity index (χ1n) is 8.93. The Hall–Kier alpha value is -2.81. The highest BCUT2D eigenvalue weighted by atomic mass is 32.1. The van der Waals surface area contributed by atoms with Gasteiger partial charge in [0.25, 0.3) is 5.56 Å². The third-order valence-electron chi connectivity index (χ3n) is 4.86. The summed E-state index contributed by atoms with van der Waals surface area (Å²) in [4.78, 5) is 40.2. The van der Waals surface area contributed by atoms with Crippen LogP contribution in [0.2, 0.25) is 0 Å². The summed E-state index contributed by atoms with van der Waals surface area (Å²) in [7, 11) is 0. The van der Waals surface area contributed by atoms with Crippen molar-refractivity contribution in [3.63, 3.8) is 0 Å². The van der Waals surface area contributed by atoms with E-state index in [1.165, 1.54) is 4.57 Å². The zero-order chi connectivity index (χ0) is 19.8. The molecule has 1 aliphatic heterocycles. The molecule has 0 spiro atoms. The summed E-state index contributed by atoms with van der Waals surface area (Å²) in [5, 5.41) is 1.64. The van der Waals surface area contributed by atoms with E-state index in [9.17, 15) is 23.2 Å². The Bertz CT molecular complexity index is 1160. The molecule has 1 fully saturated rings. The Labute approximate surface area is 162 Å². The molecule has 0 atom stereocenters. The van der Waals surface area contributed by atoms with Crippen molar-refractivity contribution in [2.24, 2.45) is 0 Å². The van der Waals surface area contributed by atoms with Crippen LogP contribution >= 0.6 is 11.3 Å². The molecule has 1 saturated heterocycles. The summed E-state index contributed by atoms with van der Waals surface area (Å²) in [5.74, 6) is -2.02. The van der Waals surface area contributed by atoms with E-state index >= 15 is 0 Å². The quantitative estimate of drug-likeness (QED) is 0.673. The van der Waals surface area contributed by atoms with Crippen molar-refractivity contribution in [3.8, 4) is 5.69 Å². The zero-order valence-corrected chi connectivity index (χ0v) is 15.7. The minimum absolute atomic E-state index is 0.207. The number of carbonyl (C=O) groups excluding carboxylic acids is 1. The number of hydrogen-bond acceptors (Lipinski definition) is 4. The second kappa shape index (κ2) is 7.31. The Balaban J connectivity index is 1.87. The van der Waals surface area contributed by atoms with Gasteiger partial charge < -0.3 is 4.90 Å². The lowest BCUT2D eigenvalue weighted by atomic mass is 10.1. The molecule has 1 amide bonds. The van der Waals surface area contributed by atoms with Crippen molar-refractivity contribution in [1.82, 2.24) is 14.0 Å². The molecular formula is C19H17F2N3O3S. The first-order valence-corrected chi connectivity index (χ1v) is 9.81. The Morgan fingerprint density at radius 2 is 1.71 bits per heavy atom. The minimum Gasteiger partial charge on any atom is -0.341 e. The van der Waals surface area contributed by atoms with Crippen LogP contribution in [-0.4, -0.2) is 33.0 Å². The molecule has 0 bridgehead atoms. The molecule has 0 aliphatic carbocycles. The predicted molar refractivity (Wildman–Crippen MR) is 102 cm³/mol. The molecular weight excluding hydrogens is 388 g/mol. The second-order valence-electron chi connectivity index (χ2n) is 6.71. The number of rotatable bonds is 3. The van der Waals surface area contributed by atoms with Gasteiger partial charge in [-0.1, -0.05) is 0 Å².